The molecule has 0 saturated heterocycles. The van der Waals surface area contributed by atoms with Crippen molar-refractivity contribution in [1.82, 2.24) is 5.32 Å². The Labute approximate surface area is 72.3 Å². The summed E-state index contributed by atoms with van der Waals surface area (Å²) in [5.41, 5.74) is 0. The zero-order valence-electron chi connectivity index (χ0n) is 7.72. The molecule has 4 heteroatoms. The van der Waals surface area contributed by atoms with Crippen LogP contribution in [0.1, 0.15) is 26.7 Å². The number of nitrogens with one attached hydrogen (secondary N) is 1. The predicted molar refractivity (Wildman–Crippen MR) is 44.5 cm³/mol. The van der Waals surface area contributed by atoms with Crippen LogP contribution in [0, 0.1) is 0 Å². The molecule has 0 atom stereocenters. The Morgan fingerprint density at radius 1 is 1.33 bits per heavy atom. The van der Waals surface area contributed by atoms with Crippen molar-refractivity contribution >= 4 is 11.9 Å². The van der Waals surface area contributed by atoms with Crippen LogP contribution < -0.4 is 5.32 Å². The molecule has 0 aliphatic heterocycles. The first-order chi connectivity index (χ1) is 5.65. The number of methoxy groups -OCH3 is 1. The molecule has 0 rings (SSSR count). The fourth-order valence-corrected chi connectivity index (χ4v) is 0.830. The van der Waals surface area contributed by atoms with Gasteiger partial charge >= 0.3 is 11.9 Å². The van der Waals surface area contributed by atoms with Crippen molar-refractivity contribution in [1.29, 1.82) is 0 Å². The van der Waals surface area contributed by atoms with E-state index in [-0.39, 0.29) is 6.04 Å². The third kappa shape index (κ3) is 3.37. The van der Waals surface area contributed by atoms with E-state index in [1.165, 1.54) is 7.11 Å². The highest BCUT2D eigenvalue weighted by Crippen LogP contribution is 1.95. The molecule has 0 unspecified atom stereocenters. The van der Waals surface area contributed by atoms with Gasteiger partial charge in [0, 0.05) is 6.04 Å². The van der Waals surface area contributed by atoms with Gasteiger partial charge < -0.3 is 10.1 Å². The van der Waals surface area contributed by atoms with Crippen molar-refractivity contribution in [2.45, 2.75) is 32.7 Å². The molecule has 1 amide bonds. The Morgan fingerprint density at radius 2 is 1.83 bits per heavy atom. The lowest BCUT2D eigenvalue weighted by atomic mass is 10.2. The third-order valence-electron chi connectivity index (χ3n) is 1.69. The lowest BCUT2D eigenvalue weighted by molar-refractivity contribution is -0.153. The van der Waals surface area contributed by atoms with E-state index in [9.17, 15) is 9.59 Å². The van der Waals surface area contributed by atoms with Crippen molar-refractivity contribution in [3.8, 4) is 0 Å². The summed E-state index contributed by atoms with van der Waals surface area (Å²) in [6.45, 7) is 3.90. The minimum Gasteiger partial charge on any atom is -0.462 e. The molecule has 4 nitrogen and oxygen atoms in total. The van der Waals surface area contributed by atoms with Gasteiger partial charge in [-0.2, -0.15) is 0 Å². The van der Waals surface area contributed by atoms with Crippen LogP contribution in [0.25, 0.3) is 0 Å². The summed E-state index contributed by atoms with van der Waals surface area (Å²) >= 11 is 0. The van der Waals surface area contributed by atoms with Gasteiger partial charge in [0.1, 0.15) is 0 Å². The minimum atomic E-state index is -0.832. The van der Waals surface area contributed by atoms with E-state index in [0.29, 0.717) is 0 Å². The molecule has 0 radical (unpaired) electrons. The van der Waals surface area contributed by atoms with Gasteiger partial charge in [0.2, 0.25) is 0 Å². The van der Waals surface area contributed by atoms with Crippen molar-refractivity contribution < 1.29 is 14.3 Å². The number of carbonyl (C=O) groups is 2. The summed E-state index contributed by atoms with van der Waals surface area (Å²) in [4.78, 5) is 21.6. The first-order valence-electron chi connectivity index (χ1n) is 4.04. The number of rotatable bonds is 3. The van der Waals surface area contributed by atoms with Crippen molar-refractivity contribution in [3.05, 3.63) is 0 Å². The Morgan fingerprint density at radius 3 is 2.17 bits per heavy atom. The van der Waals surface area contributed by atoms with E-state index in [0.717, 1.165) is 12.8 Å². The summed E-state index contributed by atoms with van der Waals surface area (Å²) in [5, 5.41) is 2.55. The van der Waals surface area contributed by atoms with Crippen LogP contribution in [0.3, 0.4) is 0 Å². The fourth-order valence-electron chi connectivity index (χ4n) is 0.830. The van der Waals surface area contributed by atoms with Crippen LogP contribution in [0.4, 0.5) is 0 Å². The first-order valence-corrected chi connectivity index (χ1v) is 4.04. The zero-order chi connectivity index (χ0) is 9.56. The van der Waals surface area contributed by atoms with Crippen LogP contribution in [0.2, 0.25) is 0 Å². The highest BCUT2D eigenvalue weighted by molar-refractivity contribution is 6.32. The lowest BCUT2D eigenvalue weighted by Crippen LogP contribution is -2.39. The van der Waals surface area contributed by atoms with Gasteiger partial charge in [-0.15, -0.1) is 0 Å². The van der Waals surface area contributed by atoms with Gasteiger partial charge in [-0.3, -0.25) is 4.79 Å². The Bertz CT molecular complexity index is 164. The number of hydrogen-bond donors (Lipinski definition) is 1. The number of esters is 1. The standard InChI is InChI=1S/C8H15NO3/c1-4-6(5-2)9-7(10)8(11)12-3/h6H,4-5H2,1-3H3,(H,9,10). The summed E-state index contributed by atoms with van der Waals surface area (Å²) in [7, 11) is 1.19. The number of hydrogen-bond acceptors (Lipinski definition) is 3. The van der Waals surface area contributed by atoms with Crippen LogP contribution in [0.15, 0.2) is 0 Å². The molecule has 0 heterocycles. The van der Waals surface area contributed by atoms with Crippen molar-refractivity contribution in [3.63, 3.8) is 0 Å². The minimum absolute atomic E-state index is 0.0663. The number of carbonyl (C=O) groups excluding carboxylic acids is 2. The third-order valence-corrected chi connectivity index (χ3v) is 1.69. The van der Waals surface area contributed by atoms with E-state index >= 15 is 0 Å². The Balaban J connectivity index is 3.89. The average molecular weight is 173 g/mol. The van der Waals surface area contributed by atoms with Gasteiger partial charge in [0.25, 0.3) is 0 Å². The van der Waals surface area contributed by atoms with Gasteiger partial charge in [-0.1, -0.05) is 13.8 Å². The second-order valence-corrected chi connectivity index (χ2v) is 2.48. The number of amides is 1. The molecule has 0 aromatic rings. The van der Waals surface area contributed by atoms with Gasteiger partial charge in [-0.25, -0.2) is 4.79 Å². The summed E-state index contributed by atoms with van der Waals surface area (Å²) in [6, 6.07) is 0.0663. The van der Waals surface area contributed by atoms with Crippen molar-refractivity contribution in [2.24, 2.45) is 0 Å². The fraction of sp³-hybridized carbons (Fsp3) is 0.750. The normalized spacial score (nSPS) is 9.67. The van der Waals surface area contributed by atoms with Crippen LogP contribution in [-0.2, 0) is 14.3 Å². The van der Waals surface area contributed by atoms with E-state index in [4.69, 9.17) is 0 Å². The zero-order valence-corrected chi connectivity index (χ0v) is 7.72. The molecule has 0 spiro atoms. The summed E-state index contributed by atoms with van der Waals surface area (Å²) in [6.07, 6.45) is 1.64. The molecule has 12 heavy (non-hydrogen) atoms. The molecule has 0 aromatic carbocycles. The lowest BCUT2D eigenvalue weighted by Gasteiger charge is -2.12. The molecule has 0 aliphatic carbocycles. The van der Waals surface area contributed by atoms with Crippen LogP contribution >= 0.6 is 0 Å². The SMILES string of the molecule is CCC(CC)NC(=O)C(=O)OC. The Hall–Kier alpha value is -1.06. The van der Waals surface area contributed by atoms with Gasteiger partial charge in [-0.05, 0) is 12.8 Å². The molecule has 0 aromatic heterocycles. The molecular weight excluding hydrogens is 158 g/mol. The monoisotopic (exact) mass is 173 g/mol. The summed E-state index contributed by atoms with van der Waals surface area (Å²) < 4.78 is 4.25. The average Bonchev–Trinajstić information content (AvgIpc) is 2.12. The highest BCUT2D eigenvalue weighted by atomic mass is 16.5. The maximum atomic E-state index is 10.9. The van der Waals surface area contributed by atoms with Crippen LogP contribution in [0.5, 0.6) is 0 Å². The van der Waals surface area contributed by atoms with E-state index in [1.807, 2.05) is 13.8 Å². The molecule has 70 valence electrons. The molecule has 0 aliphatic rings. The van der Waals surface area contributed by atoms with E-state index in [1.54, 1.807) is 0 Å². The maximum Gasteiger partial charge on any atom is 0.396 e. The topological polar surface area (TPSA) is 55.4 Å². The van der Waals surface area contributed by atoms with Crippen LogP contribution in [-0.4, -0.2) is 25.0 Å². The quantitative estimate of drug-likeness (QED) is 0.498. The predicted octanol–water partition coefficient (Wildman–Crippen LogP) is 0.464. The maximum absolute atomic E-state index is 10.9. The highest BCUT2D eigenvalue weighted by Gasteiger charge is 2.16. The molecule has 0 saturated carbocycles. The second kappa shape index (κ2) is 5.57. The Kier molecular flexibility index (Phi) is 5.08. The molecular formula is C8H15NO3. The molecule has 1 N–H and O–H groups in total. The van der Waals surface area contributed by atoms with Crippen molar-refractivity contribution in [2.75, 3.05) is 7.11 Å². The molecule has 0 fully saturated rings. The summed E-state index contributed by atoms with van der Waals surface area (Å²) in [5.74, 6) is -1.49. The van der Waals surface area contributed by atoms with E-state index < -0.39 is 11.9 Å². The van der Waals surface area contributed by atoms with E-state index in [2.05, 4.69) is 10.1 Å². The smallest absolute Gasteiger partial charge is 0.396 e. The largest absolute Gasteiger partial charge is 0.462 e. The number of ether oxygens (including phenoxy) is 1. The first kappa shape index (κ1) is 10.9. The molecule has 0 bridgehead atoms. The van der Waals surface area contributed by atoms with Gasteiger partial charge in [0.15, 0.2) is 0 Å². The van der Waals surface area contributed by atoms with Gasteiger partial charge in [0.05, 0.1) is 7.11 Å². The second-order valence-electron chi connectivity index (χ2n) is 2.48.